The number of hydrogen-bond donors (Lipinski definition) is 1. The topological polar surface area (TPSA) is 46.5 Å². The predicted molar refractivity (Wildman–Crippen MR) is 86.4 cm³/mol. The Bertz CT molecular complexity index is 377. The van der Waals surface area contributed by atoms with E-state index in [0.717, 1.165) is 11.6 Å². The Morgan fingerprint density at radius 3 is 1.84 bits per heavy atom. The summed E-state index contributed by atoms with van der Waals surface area (Å²) >= 11 is 0. The summed E-state index contributed by atoms with van der Waals surface area (Å²) < 4.78 is 6.57. The lowest BCUT2D eigenvalue weighted by atomic mass is 10.2. The van der Waals surface area contributed by atoms with Crippen LogP contribution in [0.2, 0.25) is 31.2 Å². The van der Waals surface area contributed by atoms with Crippen LogP contribution < -0.4 is 0 Å². The van der Waals surface area contributed by atoms with Gasteiger partial charge < -0.3 is 9.22 Å². The molecule has 19 heavy (non-hydrogen) atoms. The zero-order chi connectivity index (χ0) is 15.6. The molecule has 0 aromatic carbocycles. The van der Waals surface area contributed by atoms with Crippen LogP contribution in [0.25, 0.3) is 0 Å². The molecule has 0 unspecified atom stereocenters. The highest BCUT2D eigenvalue weighted by molar-refractivity contribution is 6.89. The van der Waals surface area contributed by atoms with Crippen LogP contribution >= 0.6 is 0 Å². The zero-order valence-electron chi connectivity index (χ0n) is 14.0. The molecule has 5 heteroatoms. The largest absolute Gasteiger partial charge is 0.478 e. The standard InChI is InChI=1S/C14H30O3Si2/c1-10-12(11(2)13(15)16)18(6,7)17-19(8,9)14(3,4)5/h10H2,1-9H3,(H,15,16)/b12-11+. The Balaban J connectivity index is 5.51. The van der Waals surface area contributed by atoms with Gasteiger partial charge in [-0.15, -0.1) is 0 Å². The van der Waals surface area contributed by atoms with Crippen LogP contribution in [0.4, 0.5) is 0 Å². The van der Waals surface area contributed by atoms with Crippen molar-refractivity contribution in [3.8, 4) is 0 Å². The van der Waals surface area contributed by atoms with E-state index in [1.54, 1.807) is 6.92 Å². The van der Waals surface area contributed by atoms with Crippen molar-refractivity contribution < 1.29 is 14.0 Å². The van der Waals surface area contributed by atoms with Gasteiger partial charge in [-0.05, 0) is 49.8 Å². The van der Waals surface area contributed by atoms with Crippen molar-refractivity contribution in [2.45, 2.75) is 72.3 Å². The summed E-state index contributed by atoms with van der Waals surface area (Å²) in [7, 11) is -4.01. The van der Waals surface area contributed by atoms with Crippen molar-refractivity contribution in [3.05, 3.63) is 10.8 Å². The number of rotatable bonds is 5. The minimum Gasteiger partial charge on any atom is -0.478 e. The molecule has 0 aliphatic rings. The Morgan fingerprint density at radius 2 is 1.58 bits per heavy atom. The van der Waals surface area contributed by atoms with Crippen LogP contribution in [0.1, 0.15) is 41.0 Å². The number of carboxylic acid groups (broad SMARTS) is 1. The average molecular weight is 303 g/mol. The summed E-state index contributed by atoms with van der Waals surface area (Å²) in [6.07, 6.45) is 0.756. The first-order valence-corrected chi connectivity index (χ1v) is 12.7. The molecule has 3 nitrogen and oxygen atoms in total. The second-order valence-electron chi connectivity index (χ2n) is 7.13. The van der Waals surface area contributed by atoms with Gasteiger partial charge in [-0.2, -0.15) is 0 Å². The molecular formula is C14H30O3Si2. The molecule has 0 spiro atoms. The third kappa shape index (κ3) is 4.58. The van der Waals surface area contributed by atoms with Crippen molar-refractivity contribution >= 4 is 22.6 Å². The van der Waals surface area contributed by atoms with E-state index >= 15 is 0 Å². The Labute approximate surface area is 120 Å². The maximum atomic E-state index is 11.2. The highest BCUT2D eigenvalue weighted by atomic mass is 28.4. The number of hydrogen-bond acceptors (Lipinski definition) is 2. The molecule has 0 amide bonds. The minimum absolute atomic E-state index is 0.146. The highest BCUT2D eigenvalue weighted by Gasteiger charge is 2.43. The molecule has 0 saturated carbocycles. The fourth-order valence-electron chi connectivity index (χ4n) is 2.12. The Hall–Kier alpha value is -0.396. The molecular weight excluding hydrogens is 272 g/mol. The summed E-state index contributed by atoms with van der Waals surface area (Å²) in [4.78, 5) is 11.2. The number of aliphatic carboxylic acids is 1. The van der Waals surface area contributed by atoms with Gasteiger partial charge in [-0.3, -0.25) is 0 Å². The molecule has 0 aliphatic heterocycles. The summed E-state index contributed by atoms with van der Waals surface area (Å²) in [5.41, 5.74) is 0.470. The maximum absolute atomic E-state index is 11.2. The fourth-order valence-corrected chi connectivity index (χ4v) is 10.8. The van der Waals surface area contributed by atoms with Crippen LogP contribution in [-0.4, -0.2) is 27.7 Å². The second-order valence-corrected chi connectivity index (χ2v) is 16.1. The summed E-state index contributed by atoms with van der Waals surface area (Å²) in [6, 6.07) is 0. The van der Waals surface area contributed by atoms with Gasteiger partial charge in [0.25, 0.3) is 0 Å². The van der Waals surface area contributed by atoms with Crippen LogP contribution in [0, 0.1) is 0 Å². The second kappa shape index (κ2) is 5.93. The summed E-state index contributed by atoms with van der Waals surface area (Å²) in [5.74, 6) is -0.823. The molecule has 0 heterocycles. The first kappa shape index (κ1) is 18.6. The molecule has 0 aromatic rings. The van der Waals surface area contributed by atoms with E-state index in [1.165, 1.54) is 0 Å². The van der Waals surface area contributed by atoms with E-state index in [2.05, 4.69) is 47.0 Å². The van der Waals surface area contributed by atoms with Crippen LogP contribution in [0.15, 0.2) is 10.8 Å². The lowest BCUT2D eigenvalue weighted by Crippen LogP contribution is -2.51. The van der Waals surface area contributed by atoms with E-state index < -0.39 is 22.6 Å². The van der Waals surface area contributed by atoms with Crippen molar-refractivity contribution in [2.75, 3.05) is 0 Å². The van der Waals surface area contributed by atoms with Gasteiger partial charge >= 0.3 is 5.97 Å². The van der Waals surface area contributed by atoms with E-state index in [-0.39, 0.29) is 5.04 Å². The molecule has 0 fully saturated rings. The number of carbonyl (C=O) groups is 1. The van der Waals surface area contributed by atoms with Gasteiger partial charge in [0.1, 0.15) is 0 Å². The summed E-state index contributed by atoms with van der Waals surface area (Å²) in [6.45, 7) is 19.1. The molecule has 0 saturated heterocycles. The maximum Gasteiger partial charge on any atom is 0.330 e. The molecule has 1 N–H and O–H groups in total. The zero-order valence-corrected chi connectivity index (χ0v) is 16.0. The lowest BCUT2D eigenvalue weighted by molar-refractivity contribution is -0.132. The molecule has 0 bridgehead atoms. The van der Waals surface area contributed by atoms with Crippen molar-refractivity contribution in [3.63, 3.8) is 0 Å². The van der Waals surface area contributed by atoms with E-state index in [1.807, 2.05) is 6.92 Å². The van der Waals surface area contributed by atoms with E-state index in [0.29, 0.717) is 5.57 Å². The quantitative estimate of drug-likeness (QED) is 0.598. The SMILES string of the molecule is CC/C(=C(/C)C(=O)O)[Si](C)(C)O[Si](C)(C)C(C)(C)C. The minimum atomic E-state index is -2.14. The van der Waals surface area contributed by atoms with Gasteiger partial charge in [0.2, 0.25) is 8.32 Å². The van der Waals surface area contributed by atoms with Crippen LogP contribution in [-0.2, 0) is 8.91 Å². The average Bonchev–Trinajstić information content (AvgIpc) is 2.13. The molecule has 0 atom stereocenters. The number of carboxylic acids is 1. The highest BCUT2D eigenvalue weighted by Crippen LogP contribution is 2.40. The van der Waals surface area contributed by atoms with Gasteiger partial charge in [-0.25, -0.2) is 4.79 Å². The van der Waals surface area contributed by atoms with E-state index in [4.69, 9.17) is 4.12 Å². The van der Waals surface area contributed by atoms with Crippen molar-refractivity contribution in [1.82, 2.24) is 0 Å². The third-order valence-corrected chi connectivity index (χ3v) is 14.0. The Morgan fingerprint density at radius 1 is 1.16 bits per heavy atom. The van der Waals surface area contributed by atoms with Crippen molar-refractivity contribution in [2.24, 2.45) is 0 Å². The third-order valence-electron chi connectivity index (χ3n) is 4.17. The van der Waals surface area contributed by atoms with Crippen LogP contribution in [0.3, 0.4) is 0 Å². The normalized spacial score (nSPS) is 15.2. The smallest absolute Gasteiger partial charge is 0.330 e. The first-order valence-electron chi connectivity index (χ1n) is 6.90. The fraction of sp³-hybridized carbons (Fsp3) is 0.786. The molecule has 0 aromatic heterocycles. The van der Waals surface area contributed by atoms with E-state index in [9.17, 15) is 9.90 Å². The molecule has 0 rings (SSSR count). The lowest BCUT2D eigenvalue weighted by Gasteiger charge is -2.43. The number of allylic oxidation sites excluding steroid dienone is 1. The van der Waals surface area contributed by atoms with Gasteiger partial charge in [0.05, 0.1) is 0 Å². The Kier molecular flexibility index (Phi) is 5.81. The molecule has 0 aliphatic carbocycles. The monoisotopic (exact) mass is 302 g/mol. The molecule has 0 radical (unpaired) electrons. The first-order chi connectivity index (χ1) is 8.26. The van der Waals surface area contributed by atoms with Crippen LogP contribution in [0.5, 0.6) is 0 Å². The van der Waals surface area contributed by atoms with Crippen molar-refractivity contribution in [1.29, 1.82) is 0 Å². The van der Waals surface area contributed by atoms with Gasteiger partial charge in [0.15, 0.2) is 8.32 Å². The predicted octanol–water partition coefficient (Wildman–Crippen LogP) is 4.56. The summed E-state index contributed by atoms with van der Waals surface area (Å²) in [5, 5.41) is 10.4. The van der Waals surface area contributed by atoms with Gasteiger partial charge in [-0.1, -0.05) is 27.7 Å². The van der Waals surface area contributed by atoms with Gasteiger partial charge in [0, 0.05) is 5.57 Å². The molecule has 112 valence electrons.